The molecule has 1 N–H and O–H groups in total. The molecule has 0 saturated carbocycles. The van der Waals surface area contributed by atoms with E-state index >= 15 is 0 Å². The Morgan fingerprint density at radius 3 is 2.44 bits per heavy atom. The predicted molar refractivity (Wildman–Crippen MR) is 106 cm³/mol. The summed E-state index contributed by atoms with van der Waals surface area (Å²) in [5.41, 5.74) is -0.131. The standard InChI is InChI=1S/C21H33NO5/c1-7-13-26-21(6,9-3)20(24)22-16-11-12-18(27-15(5)8-2)17(14-16)19(23)25-10-4/h11-12,14-15H,7-10,13H2,1-6H3,(H,22,24). The second-order valence-electron chi connectivity index (χ2n) is 6.66. The Hall–Kier alpha value is -2.08. The van der Waals surface area contributed by atoms with Crippen molar-refractivity contribution < 1.29 is 23.8 Å². The molecule has 0 heterocycles. The summed E-state index contributed by atoms with van der Waals surface area (Å²) < 4.78 is 16.7. The number of carbonyl (C=O) groups excluding carboxylic acids is 2. The third-order valence-corrected chi connectivity index (χ3v) is 4.42. The van der Waals surface area contributed by atoms with E-state index in [1.165, 1.54) is 0 Å². The van der Waals surface area contributed by atoms with Crippen LogP contribution >= 0.6 is 0 Å². The minimum atomic E-state index is -0.925. The van der Waals surface area contributed by atoms with Gasteiger partial charge in [0, 0.05) is 12.3 Å². The van der Waals surface area contributed by atoms with Gasteiger partial charge < -0.3 is 19.5 Å². The van der Waals surface area contributed by atoms with Gasteiger partial charge in [-0.25, -0.2) is 4.79 Å². The quantitative estimate of drug-likeness (QED) is 0.570. The highest BCUT2D eigenvalue weighted by Crippen LogP contribution is 2.27. The van der Waals surface area contributed by atoms with Crippen LogP contribution in [0.2, 0.25) is 0 Å². The molecule has 1 aromatic rings. The molecule has 0 aliphatic rings. The molecule has 0 bridgehead atoms. The van der Waals surface area contributed by atoms with Crippen molar-refractivity contribution in [2.24, 2.45) is 0 Å². The molecule has 0 spiro atoms. The topological polar surface area (TPSA) is 73.9 Å². The molecule has 0 aromatic heterocycles. The van der Waals surface area contributed by atoms with Crippen molar-refractivity contribution in [3.63, 3.8) is 0 Å². The van der Waals surface area contributed by atoms with Gasteiger partial charge in [0.2, 0.25) is 0 Å². The highest BCUT2D eigenvalue weighted by Gasteiger charge is 2.32. The summed E-state index contributed by atoms with van der Waals surface area (Å²) in [6, 6.07) is 4.99. The third-order valence-electron chi connectivity index (χ3n) is 4.42. The van der Waals surface area contributed by atoms with Gasteiger partial charge in [0.25, 0.3) is 5.91 Å². The Kier molecular flexibility index (Phi) is 9.29. The number of amides is 1. The summed E-state index contributed by atoms with van der Waals surface area (Å²) in [7, 11) is 0. The van der Waals surface area contributed by atoms with Crippen LogP contribution in [-0.4, -0.2) is 36.8 Å². The van der Waals surface area contributed by atoms with E-state index < -0.39 is 11.6 Å². The van der Waals surface area contributed by atoms with Gasteiger partial charge in [0.1, 0.15) is 16.9 Å². The molecular formula is C21H33NO5. The van der Waals surface area contributed by atoms with Crippen molar-refractivity contribution in [2.45, 2.75) is 72.5 Å². The van der Waals surface area contributed by atoms with E-state index in [0.29, 0.717) is 30.0 Å². The normalized spacial score (nSPS) is 14.1. The molecule has 152 valence electrons. The summed E-state index contributed by atoms with van der Waals surface area (Å²) in [6.45, 7) is 12.1. The van der Waals surface area contributed by atoms with Crippen LogP contribution in [0, 0.1) is 0 Å². The summed E-state index contributed by atoms with van der Waals surface area (Å²) >= 11 is 0. The highest BCUT2D eigenvalue weighted by molar-refractivity contribution is 5.99. The third kappa shape index (κ3) is 6.54. The Balaban J connectivity index is 3.09. The molecule has 0 aliphatic carbocycles. The fourth-order valence-electron chi connectivity index (χ4n) is 2.30. The maximum absolute atomic E-state index is 12.7. The van der Waals surface area contributed by atoms with Crippen LogP contribution in [0.4, 0.5) is 5.69 Å². The first-order valence-corrected chi connectivity index (χ1v) is 9.74. The van der Waals surface area contributed by atoms with E-state index in [2.05, 4.69) is 5.32 Å². The lowest BCUT2D eigenvalue weighted by molar-refractivity contribution is -0.139. The van der Waals surface area contributed by atoms with Gasteiger partial charge in [0.15, 0.2) is 0 Å². The van der Waals surface area contributed by atoms with Crippen molar-refractivity contribution in [2.75, 3.05) is 18.5 Å². The molecule has 1 rings (SSSR count). The zero-order chi connectivity index (χ0) is 20.4. The Labute approximate surface area is 162 Å². The lowest BCUT2D eigenvalue weighted by Gasteiger charge is -2.27. The summed E-state index contributed by atoms with van der Waals surface area (Å²) in [5.74, 6) is -0.280. The number of rotatable bonds is 11. The molecule has 6 nitrogen and oxygen atoms in total. The monoisotopic (exact) mass is 379 g/mol. The average molecular weight is 379 g/mol. The Morgan fingerprint density at radius 2 is 1.89 bits per heavy atom. The zero-order valence-electron chi connectivity index (χ0n) is 17.4. The first-order chi connectivity index (χ1) is 12.8. The molecule has 6 heteroatoms. The minimum Gasteiger partial charge on any atom is -0.490 e. The van der Waals surface area contributed by atoms with Gasteiger partial charge in [-0.3, -0.25) is 4.79 Å². The van der Waals surface area contributed by atoms with Crippen LogP contribution in [0.1, 0.15) is 71.2 Å². The average Bonchev–Trinajstić information content (AvgIpc) is 2.67. The van der Waals surface area contributed by atoms with Gasteiger partial charge in [-0.1, -0.05) is 20.8 Å². The summed E-state index contributed by atoms with van der Waals surface area (Å²) in [6.07, 6.45) is 2.14. The molecule has 1 amide bonds. The van der Waals surface area contributed by atoms with Crippen molar-refractivity contribution in [1.82, 2.24) is 0 Å². The van der Waals surface area contributed by atoms with Crippen LogP contribution in [0.25, 0.3) is 0 Å². The van der Waals surface area contributed by atoms with E-state index in [1.807, 2.05) is 27.7 Å². The van der Waals surface area contributed by atoms with Gasteiger partial charge in [0.05, 0.1) is 12.7 Å². The second kappa shape index (κ2) is 10.9. The zero-order valence-corrected chi connectivity index (χ0v) is 17.4. The number of esters is 1. The van der Waals surface area contributed by atoms with Gasteiger partial charge in [-0.05, 0) is 58.2 Å². The number of benzene rings is 1. The van der Waals surface area contributed by atoms with Gasteiger partial charge >= 0.3 is 5.97 Å². The number of carbonyl (C=O) groups is 2. The molecule has 0 fully saturated rings. The lowest BCUT2D eigenvalue weighted by atomic mass is 10.0. The molecular weight excluding hydrogens is 346 g/mol. The van der Waals surface area contributed by atoms with E-state index in [0.717, 1.165) is 12.8 Å². The number of hydrogen-bond acceptors (Lipinski definition) is 5. The van der Waals surface area contributed by atoms with Crippen LogP contribution in [0.5, 0.6) is 5.75 Å². The van der Waals surface area contributed by atoms with Crippen LogP contribution in [0.15, 0.2) is 18.2 Å². The number of nitrogens with one attached hydrogen (secondary N) is 1. The molecule has 2 unspecified atom stereocenters. The van der Waals surface area contributed by atoms with Gasteiger partial charge in [-0.15, -0.1) is 0 Å². The van der Waals surface area contributed by atoms with Crippen LogP contribution in [0.3, 0.4) is 0 Å². The summed E-state index contributed by atoms with van der Waals surface area (Å²) in [4.78, 5) is 25.0. The fourth-order valence-corrected chi connectivity index (χ4v) is 2.30. The molecule has 0 aliphatic heterocycles. The van der Waals surface area contributed by atoms with Crippen molar-refractivity contribution in [1.29, 1.82) is 0 Å². The van der Waals surface area contributed by atoms with Gasteiger partial charge in [-0.2, -0.15) is 0 Å². The maximum Gasteiger partial charge on any atom is 0.341 e. The molecule has 27 heavy (non-hydrogen) atoms. The molecule has 0 saturated heterocycles. The Morgan fingerprint density at radius 1 is 1.19 bits per heavy atom. The predicted octanol–water partition coefficient (Wildman–Crippen LogP) is 4.57. The van der Waals surface area contributed by atoms with Crippen LogP contribution < -0.4 is 10.1 Å². The first-order valence-electron chi connectivity index (χ1n) is 9.74. The fraction of sp³-hybridized carbons (Fsp3) is 0.619. The second-order valence-corrected chi connectivity index (χ2v) is 6.66. The van der Waals surface area contributed by atoms with E-state index in [9.17, 15) is 9.59 Å². The first kappa shape index (κ1) is 23.0. The van der Waals surface area contributed by atoms with Crippen molar-refractivity contribution in [3.8, 4) is 5.75 Å². The largest absolute Gasteiger partial charge is 0.490 e. The lowest BCUT2D eigenvalue weighted by Crippen LogP contribution is -2.42. The smallest absolute Gasteiger partial charge is 0.341 e. The highest BCUT2D eigenvalue weighted by atomic mass is 16.5. The number of anilines is 1. The van der Waals surface area contributed by atoms with E-state index in [1.54, 1.807) is 32.0 Å². The number of hydrogen-bond donors (Lipinski definition) is 1. The van der Waals surface area contributed by atoms with E-state index in [-0.39, 0.29) is 18.6 Å². The van der Waals surface area contributed by atoms with Crippen molar-refractivity contribution >= 4 is 17.6 Å². The number of ether oxygens (including phenoxy) is 3. The molecule has 1 aromatic carbocycles. The van der Waals surface area contributed by atoms with Crippen LogP contribution in [-0.2, 0) is 14.3 Å². The Bertz CT molecular complexity index is 631. The van der Waals surface area contributed by atoms with Crippen molar-refractivity contribution in [3.05, 3.63) is 23.8 Å². The summed E-state index contributed by atoms with van der Waals surface area (Å²) in [5, 5.41) is 2.85. The SMILES string of the molecule is CCCOC(C)(CC)C(=O)Nc1ccc(OC(C)CC)c(C(=O)OCC)c1. The minimum absolute atomic E-state index is 0.0376. The maximum atomic E-state index is 12.7. The van der Waals surface area contributed by atoms with E-state index in [4.69, 9.17) is 14.2 Å². The molecule has 2 atom stereocenters. The molecule has 0 radical (unpaired) electrons.